The van der Waals surface area contributed by atoms with Crippen LogP contribution in [-0.2, 0) is 0 Å². The fourth-order valence-corrected chi connectivity index (χ4v) is 3.40. The average molecular weight is 392 g/mol. The van der Waals surface area contributed by atoms with E-state index in [2.05, 4.69) is 33.2 Å². The van der Waals surface area contributed by atoms with Crippen LogP contribution in [0.5, 0.6) is 0 Å². The molecular weight excluding hydrogens is 379 g/mol. The lowest BCUT2D eigenvalue weighted by atomic mass is 10.4. The summed E-state index contributed by atoms with van der Waals surface area (Å²) < 4.78 is 1.01. The average Bonchev–Trinajstić information content (AvgIpc) is 2.43. The monoisotopic (exact) mass is 390 g/mol. The van der Waals surface area contributed by atoms with Crippen molar-refractivity contribution >= 4 is 56.7 Å². The van der Waals surface area contributed by atoms with E-state index in [1.54, 1.807) is 6.07 Å². The highest BCUT2D eigenvalue weighted by molar-refractivity contribution is 9.10. The third kappa shape index (κ3) is 4.04. The van der Waals surface area contributed by atoms with E-state index < -0.39 is 0 Å². The largest absolute Gasteiger partial charge is 0.369 e. The van der Waals surface area contributed by atoms with E-state index in [1.165, 1.54) is 11.8 Å². The van der Waals surface area contributed by atoms with Crippen molar-refractivity contribution in [2.24, 2.45) is 0 Å². The zero-order valence-electron chi connectivity index (χ0n) is 10.8. The van der Waals surface area contributed by atoms with Crippen LogP contribution in [0.15, 0.2) is 44.7 Å². The first-order valence-electron chi connectivity index (χ1n) is 6.14. The van der Waals surface area contributed by atoms with Crippen LogP contribution < -0.4 is 5.32 Å². The van der Waals surface area contributed by atoms with Crippen molar-refractivity contribution in [3.05, 3.63) is 44.8 Å². The summed E-state index contributed by atoms with van der Waals surface area (Å²) in [5, 5.41) is 5.04. The molecule has 20 heavy (non-hydrogen) atoms. The van der Waals surface area contributed by atoms with Gasteiger partial charge in [-0.1, -0.05) is 54.0 Å². The molecule has 0 saturated carbocycles. The summed E-state index contributed by atoms with van der Waals surface area (Å²) in [4.78, 5) is 5.57. The van der Waals surface area contributed by atoms with Crippen molar-refractivity contribution in [2.75, 3.05) is 11.9 Å². The summed E-state index contributed by atoms with van der Waals surface area (Å²) in [6.07, 6.45) is 1.01. The quantitative estimate of drug-likeness (QED) is 0.663. The second kappa shape index (κ2) is 7.55. The van der Waals surface area contributed by atoms with Crippen LogP contribution in [-0.4, -0.2) is 11.5 Å². The van der Waals surface area contributed by atoms with Crippen molar-refractivity contribution in [3.63, 3.8) is 0 Å². The Bertz CT molecular complexity index is 608. The van der Waals surface area contributed by atoms with E-state index in [0.717, 1.165) is 27.4 Å². The fraction of sp³-hybridized carbons (Fsp3) is 0.214. The van der Waals surface area contributed by atoms with Crippen LogP contribution in [0.1, 0.15) is 13.3 Å². The molecule has 0 radical (unpaired) electrons. The Morgan fingerprint density at radius 3 is 2.70 bits per heavy atom. The van der Waals surface area contributed by atoms with E-state index >= 15 is 0 Å². The molecule has 6 heteroatoms. The number of anilines is 1. The van der Waals surface area contributed by atoms with Gasteiger partial charge in [0.25, 0.3) is 0 Å². The van der Waals surface area contributed by atoms with E-state index in [-0.39, 0.29) is 0 Å². The maximum absolute atomic E-state index is 6.23. The molecule has 0 aliphatic rings. The van der Waals surface area contributed by atoms with Crippen LogP contribution in [0, 0.1) is 0 Å². The van der Waals surface area contributed by atoms with Crippen molar-refractivity contribution in [1.29, 1.82) is 0 Å². The topological polar surface area (TPSA) is 24.9 Å². The predicted molar refractivity (Wildman–Crippen MR) is 91.3 cm³/mol. The molecule has 2 aromatic rings. The third-order valence-corrected chi connectivity index (χ3v) is 5.21. The minimum Gasteiger partial charge on any atom is -0.369 e. The Balaban J connectivity index is 2.29. The standard InChI is InChI=1S/C14H13BrCl2N2S/c1-2-7-18-13-10(16)8-11(17)14(19-13)20-12-6-4-3-5-9(12)15/h3-6,8H,2,7H2,1H3,(H,18,19). The molecule has 0 atom stereocenters. The van der Waals surface area contributed by atoms with Crippen molar-refractivity contribution in [2.45, 2.75) is 23.3 Å². The van der Waals surface area contributed by atoms with Gasteiger partial charge in [0.05, 0.1) is 10.0 Å². The predicted octanol–water partition coefficient (Wildman–Crippen LogP) is 6.12. The summed E-state index contributed by atoms with van der Waals surface area (Å²) in [5.41, 5.74) is 0. The highest BCUT2D eigenvalue weighted by Gasteiger charge is 2.11. The Labute approximate surface area is 141 Å². The van der Waals surface area contributed by atoms with Crippen molar-refractivity contribution in [3.8, 4) is 0 Å². The first-order chi connectivity index (χ1) is 9.61. The minimum absolute atomic E-state index is 0.542. The minimum atomic E-state index is 0.542. The molecule has 2 rings (SSSR count). The van der Waals surface area contributed by atoms with Gasteiger partial charge in [-0.05, 0) is 40.5 Å². The maximum Gasteiger partial charge on any atom is 0.146 e. The van der Waals surface area contributed by atoms with Gasteiger partial charge < -0.3 is 5.32 Å². The molecule has 0 aliphatic heterocycles. The lowest BCUT2D eigenvalue weighted by Crippen LogP contribution is -2.03. The molecule has 0 spiro atoms. The number of nitrogens with one attached hydrogen (secondary N) is 1. The molecule has 106 valence electrons. The molecule has 1 heterocycles. The number of aromatic nitrogens is 1. The summed E-state index contributed by atoms with van der Waals surface area (Å²) in [6.45, 7) is 2.92. The number of hydrogen-bond acceptors (Lipinski definition) is 3. The summed E-state index contributed by atoms with van der Waals surface area (Å²) in [5.74, 6) is 0.674. The first kappa shape index (κ1) is 16.0. The van der Waals surface area contributed by atoms with Crippen molar-refractivity contribution in [1.82, 2.24) is 4.98 Å². The molecule has 0 unspecified atom stereocenters. The fourth-order valence-electron chi connectivity index (χ4n) is 1.52. The molecule has 0 fully saturated rings. The Morgan fingerprint density at radius 2 is 2.00 bits per heavy atom. The van der Waals surface area contributed by atoms with Crippen LogP contribution in [0.25, 0.3) is 0 Å². The SMILES string of the molecule is CCCNc1nc(Sc2ccccc2Br)c(Cl)cc1Cl. The molecule has 0 saturated heterocycles. The van der Waals surface area contributed by atoms with E-state index in [9.17, 15) is 0 Å². The first-order valence-corrected chi connectivity index (χ1v) is 8.50. The maximum atomic E-state index is 6.23. The summed E-state index contributed by atoms with van der Waals surface area (Å²) in [7, 11) is 0. The van der Waals surface area contributed by atoms with E-state index in [0.29, 0.717) is 15.9 Å². The van der Waals surface area contributed by atoms with Crippen LogP contribution >= 0.6 is 50.9 Å². The normalized spacial score (nSPS) is 10.6. The highest BCUT2D eigenvalue weighted by atomic mass is 79.9. The number of halogens is 3. The highest BCUT2D eigenvalue weighted by Crippen LogP contribution is 2.38. The van der Waals surface area contributed by atoms with Crippen molar-refractivity contribution < 1.29 is 0 Å². The van der Waals surface area contributed by atoms with E-state index in [1.807, 2.05) is 24.3 Å². The zero-order chi connectivity index (χ0) is 14.5. The van der Waals surface area contributed by atoms with Gasteiger partial charge >= 0.3 is 0 Å². The van der Waals surface area contributed by atoms with Crippen LogP contribution in [0.3, 0.4) is 0 Å². The molecule has 1 aromatic heterocycles. The number of benzene rings is 1. The molecule has 0 amide bonds. The lowest BCUT2D eigenvalue weighted by molar-refractivity contribution is 0.960. The smallest absolute Gasteiger partial charge is 0.146 e. The second-order valence-electron chi connectivity index (χ2n) is 4.07. The molecule has 0 aliphatic carbocycles. The number of nitrogens with zero attached hydrogens (tertiary/aromatic N) is 1. The Kier molecular flexibility index (Phi) is 6.02. The molecular formula is C14H13BrCl2N2S. The van der Waals surface area contributed by atoms with Crippen LogP contribution in [0.4, 0.5) is 5.82 Å². The molecule has 0 bridgehead atoms. The van der Waals surface area contributed by atoms with Gasteiger partial charge in [-0.2, -0.15) is 0 Å². The summed E-state index contributed by atoms with van der Waals surface area (Å²) >= 11 is 17.4. The zero-order valence-corrected chi connectivity index (χ0v) is 14.7. The molecule has 2 nitrogen and oxygen atoms in total. The van der Waals surface area contributed by atoms with Crippen LogP contribution in [0.2, 0.25) is 10.0 Å². The third-order valence-electron chi connectivity index (χ3n) is 2.48. The van der Waals surface area contributed by atoms with Gasteiger partial charge in [0.1, 0.15) is 10.8 Å². The lowest BCUT2D eigenvalue weighted by Gasteiger charge is -2.10. The number of hydrogen-bond donors (Lipinski definition) is 1. The number of rotatable bonds is 5. The summed E-state index contributed by atoms with van der Waals surface area (Å²) in [6, 6.07) is 9.68. The molecule has 1 N–H and O–H groups in total. The Morgan fingerprint density at radius 1 is 1.25 bits per heavy atom. The van der Waals surface area contributed by atoms with Gasteiger partial charge in [-0.15, -0.1) is 0 Å². The van der Waals surface area contributed by atoms with Gasteiger partial charge in [0, 0.05) is 15.9 Å². The van der Waals surface area contributed by atoms with Gasteiger partial charge in [0.15, 0.2) is 0 Å². The van der Waals surface area contributed by atoms with Gasteiger partial charge in [0.2, 0.25) is 0 Å². The van der Waals surface area contributed by atoms with E-state index in [4.69, 9.17) is 23.2 Å². The molecule has 1 aromatic carbocycles. The van der Waals surface area contributed by atoms with Gasteiger partial charge in [-0.25, -0.2) is 4.98 Å². The van der Waals surface area contributed by atoms with Gasteiger partial charge in [-0.3, -0.25) is 0 Å². The Hall–Kier alpha value is -0.420. The second-order valence-corrected chi connectivity index (χ2v) is 6.76. The number of pyridine rings is 1.